The lowest BCUT2D eigenvalue weighted by Crippen LogP contribution is -2.45. The number of nitrogens with one attached hydrogen (secondary N) is 1. The van der Waals surface area contributed by atoms with Crippen molar-refractivity contribution >= 4 is 16.1 Å². The second-order valence-electron chi connectivity index (χ2n) is 5.92. The molecule has 1 N–H and O–H groups in total. The second-order valence-corrected chi connectivity index (χ2v) is 7.59. The monoisotopic (exact) mass is 324 g/mol. The van der Waals surface area contributed by atoms with Gasteiger partial charge in [-0.1, -0.05) is 30.2 Å². The molecule has 22 heavy (non-hydrogen) atoms. The maximum absolute atomic E-state index is 12.1. The Balaban J connectivity index is 1.89. The molecular formula is C16H24N2O3S. The van der Waals surface area contributed by atoms with Crippen molar-refractivity contribution in [3.05, 3.63) is 34.9 Å². The largest absolute Gasteiger partial charge is 0.303 e. The van der Waals surface area contributed by atoms with Gasteiger partial charge in [-0.3, -0.25) is 4.79 Å². The van der Waals surface area contributed by atoms with Crippen LogP contribution in [-0.4, -0.2) is 31.7 Å². The van der Waals surface area contributed by atoms with Gasteiger partial charge in [-0.15, -0.1) is 0 Å². The first-order valence-corrected chi connectivity index (χ1v) is 9.19. The standard InChI is InChI=1S/C16H24N2O3S/c1-13-6-7-15(14(2)12-13)8-9-16(19)17-22(20,21)18-10-4-3-5-11-18/h6-7,12H,3-5,8-11H2,1-2H3,(H,17,19). The van der Waals surface area contributed by atoms with Gasteiger partial charge in [0, 0.05) is 19.5 Å². The average molecular weight is 324 g/mol. The summed E-state index contributed by atoms with van der Waals surface area (Å²) >= 11 is 0. The van der Waals surface area contributed by atoms with Gasteiger partial charge in [0.1, 0.15) is 0 Å². The van der Waals surface area contributed by atoms with Crippen molar-refractivity contribution in [2.24, 2.45) is 0 Å². The van der Waals surface area contributed by atoms with Gasteiger partial charge >= 0.3 is 10.2 Å². The van der Waals surface area contributed by atoms with E-state index in [1.807, 2.05) is 26.0 Å². The molecule has 0 aliphatic carbocycles. The molecule has 0 saturated carbocycles. The molecule has 0 radical (unpaired) electrons. The van der Waals surface area contributed by atoms with Crippen molar-refractivity contribution in [1.29, 1.82) is 0 Å². The predicted octanol–water partition coefficient (Wildman–Crippen LogP) is 2.08. The number of rotatable bonds is 5. The lowest BCUT2D eigenvalue weighted by atomic mass is 10.0. The summed E-state index contributed by atoms with van der Waals surface area (Å²) in [6.07, 6.45) is 3.49. The van der Waals surface area contributed by atoms with Crippen molar-refractivity contribution in [3.63, 3.8) is 0 Å². The average Bonchev–Trinajstić information content (AvgIpc) is 2.47. The van der Waals surface area contributed by atoms with E-state index in [4.69, 9.17) is 0 Å². The van der Waals surface area contributed by atoms with E-state index in [-0.39, 0.29) is 6.42 Å². The molecule has 0 atom stereocenters. The minimum Gasteiger partial charge on any atom is -0.274 e. The first-order valence-electron chi connectivity index (χ1n) is 7.75. The number of carbonyl (C=O) groups is 1. The molecule has 0 bridgehead atoms. The topological polar surface area (TPSA) is 66.5 Å². The van der Waals surface area contributed by atoms with Crippen molar-refractivity contribution in [2.45, 2.75) is 46.0 Å². The van der Waals surface area contributed by atoms with E-state index in [1.54, 1.807) is 0 Å². The molecule has 1 heterocycles. The summed E-state index contributed by atoms with van der Waals surface area (Å²) in [5, 5.41) is 0. The number of carbonyl (C=O) groups excluding carboxylic acids is 1. The van der Waals surface area contributed by atoms with Gasteiger partial charge in [0.2, 0.25) is 5.91 Å². The summed E-state index contributed by atoms with van der Waals surface area (Å²) in [6.45, 7) is 5.03. The SMILES string of the molecule is Cc1ccc(CCC(=O)NS(=O)(=O)N2CCCCC2)c(C)c1. The molecule has 1 saturated heterocycles. The van der Waals surface area contributed by atoms with E-state index in [1.165, 1.54) is 9.87 Å². The molecule has 1 aliphatic rings. The third-order valence-electron chi connectivity index (χ3n) is 4.02. The Morgan fingerprint density at radius 1 is 1.18 bits per heavy atom. The van der Waals surface area contributed by atoms with Crippen LogP contribution in [-0.2, 0) is 21.4 Å². The summed E-state index contributed by atoms with van der Waals surface area (Å²) < 4.78 is 27.8. The number of piperidine rings is 1. The smallest absolute Gasteiger partial charge is 0.274 e. The van der Waals surface area contributed by atoms with Crippen LogP contribution in [0.4, 0.5) is 0 Å². The van der Waals surface area contributed by atoms with Gasteiger partial charge < -0.3 is 0 Å². The number of amides is 1. The fourth-order valence-electron chi connectivity index (χ4n) is 2.74. The quantitative estimate of drug-likeness (QED) is 0.902. The Kier molecular flexibility index (Phi) is 5.58. The van der Waals surface area contributed by atoms with Crippen LogP contribution < -0.4 is 4.72 Å². The normalized spacial score (nSPS) is 16.5. The lowest BCUT2D eigenvalue weighted by molar-refractivity contribution is -0.119. The van der Waals surface area contributed by atoms with Crippen LogP contribution in [0.25, 0.3) is 0 Å². The van der Waals surface area contributed by atoms with Gasteiger partial charge in [-0.05, 0) is 44.2 Å². The van der Waals surface area contributed by atoms with Crippen molar-refractivity contribution in [2.75, 3.05) is 13.1 Å². The summed E-state index contributed by atoms with van der Waals surface area (Å²) in [5.41, 5.74) is 3.39. The Bertz CT molecular complexity index is 635. The van der Waals surface area contributed by atoms with E-state index in [0.717, 1.165) is 30.4 Å². The first-order chi connectivity index (χ1) is 10.4. The predicted molar refractivity (Wildman–Crippen MR) is 86.7 cm³/mol. The molecule has 0 spiro atoms. The van der Waals surface area contributed by atoms with Crippen LogP contribution in [0.2, 0.25) is 0 Å². The van der Waals surface area contributed by atoms with Crippen LogP contribution in [0.5, 0.6) is 0 Å². The minimum atomic E-state index is -3.67. The van der Waals surface area contributed by atoms with Gasteiger partial charge in [-0.25, -0.2) is 4.72 Å². The van der Waals surface area contributed by atoms with Crippen molar-refractivity contribution < 1.29 is 13.2 Å². The van der Waals surface area contributed by atoms with Crippen LogP contribution in [0, 0.1) is 13.8 Å². The molecule has 1 fully saturated rings. The summed E-state index contributed by atoms with van der Waals surface area (Å²) in [7, 11) is -3.67. The third-order valence-corrected chi connectivity index (χ3v) is 5.55. The highest BCUT2D eigenvalue weighted by Crippen LogP contribution is 2.14. The number of benzene rings is 1. The van der Waals surface area contributed by atoms with Crippen LogP contribution in [0.15, 0.2) is 18.2 Å². The fourth-order valence-corrected chi connectivity index (χ4v) is 4.00. The highest BCUT2D eigenvalue weighted by atomic mass is 32.2. The molecule has 6 heteroatoms. The number of aryl methyl sites for hydroxylation is 3. The Hall–Kier alpha value is -1.40. The maximum atomic E-state index is 12.1. The molecule has 1 aromatic rings. The van der Waals surface area contributed by atoms with E-state index in [9.17, 15) is 13.2 Å². The summed E-state index contributed by atoms with van der Waals surface area (Å²) in [5.74, 6) is -0.439. The van der Waals surface area contributed by atoms with Gasteiger partial charge in [0.25, 0.3) is 0 Å². The molecule has 2 rings (SSSR count). The molecule has 1 aliphatic heterocycles. The zero-order valence-corrected chi connectivity index (χ0v) is 14.1. The Morgan fingerprint density at radius 2 is 1.86 bits per heavy atom. The van der Waals surface area contributed by atoms with Gasteiger partial charge in [0.05, 0.1) is 0 Å². The van der Waals surface area contributed by atoms with Crippen LogP contribution in [0.1, 0.15) is 42.4 Å². The first kappa shape index (κ1) is 17.0. The number of hydrogen-bond donors (Lipinski definition) is 1. The highest BCUT2D eigenvalue weighted by Gasteiger charge is 2.25. The second kappa shape index (κ2) is 7.24. The van der Waals surface area contributed by atoms with E-state index in [0.29, 0.717) is 19.5 Å². The van der Waals surface area contributed by atoms with Gasteiger partial charge in [0.15, 0.2) is 0 Å². The molecule has 122 valence electrons. The van der Waals surface area contributed by atoms with E-state index in [2.05, 4.69) is 10.8 Å². The van der Waals surface area contributed by atoms with Crippen molar-refractivity contribution in [1.82, 2.24) is 9.03 Å². The zero-order valence-electron chi connectivity index (χ0n) is 13.3. The molecule has 0 aromatic heterocycles. The van der Waals surface area contributed by atoms with Crippen LogP contribution in [0.3, 0.4) is 0 Å². The van der Waals surface area contributed by atoms with E-state index < -0.39 is 16.1 Å². The Morgan fingerprint density at radius 3 is 2.50 bits per heavy atom. The lowest BCUT2D eigenvalue weighted by Gasteiger charge is -2.25. The van der Waals surface area contributed by atoms with Gasteiger partial charge in [-0.2, -0.15) is 12.7 Å². The van der Waals surface area contributed by atoms with Crippen LogP contribution >= 0.6 is 0 Å². The minimum absolute atomic E-state index is 0.178. The summed E-state index contributed by atoms with van der Waals surface area (Å²) in [4.78, 5) is 11.9. The maximum Gasteiger partial charge on any atom is 0.303 e. The number of hydrogen-bond acceptors (Lipinski definition) is 3. The fraction of sp³-hybridized carbons (Fsp3) is 0.562. The molecular weight excluding hydrogens is 300 g/mol. The van der Waals surface area contributed by atoms with E-state index >= 15 is 0 Å². The molecule has 5 nitrogen and oxygen atoms in total. The van der Waals surface area contributed by atoms with Crippen molar-refractivity contribution in [3.8, 4) is 0 Å². The molecule has 1 aromatic carbocycles. The third kappa shape index (κ3) is 4.55. The Labute approximate surface area is 132 Å². The molecule has 0 unspecified atom stereocenters. The highest BCUT2D eigenvalue weighted by molar-refractivity contribution is 7.87. The molecule has 1 amide bonds. The number of nitrogens with zero attached hydrogens (tertiary/aromatic N) is 1. The summed E-state index contributed by atoms with van der Waals surface area (Å²) in [6, 6.07) is 6.07. The zero-order chi connectivity index (χ0) is 16.2.